The normalized spacial score (nSPS) is 10.1. The summed E-state index contributed by atoms with van der Waals surface area (Å²) in [6.07, 6.45) is 1.06. The zero-order valence-corrected chi connectivity index (χ0v) is 11.0. The Labute approximate surface area is 113 Å². The summed E-state index contributed by atoms with van der Waals surface area (Å²) in [7, 11) is 0. The molecule has 2 aromatic carbocycles. The smallest absolute Gasteiger partial charge is 0.0426 e. The van der Waals surface area contributed by atoms with E-state index in [1.54, 1.807) is 0 Å². The van der Waals surface area contributed by atoms with Gasteiger partial charge < -0.3 is 10.6 Å². The van der Waals surface area contributed by atoms with Crippen molar-refractivity contribution in [1.29, 1.82) is 0 Å². The Morgan fingerprint density at radius 3 is 2.17 bits per heavy atom. The van der Waals surface area contributed by atoms with Crippen LogP contribution in [0.25, 0.3) is 0 Å². The summed E-state index contributed by atoms with van der Waals surface area (Å²) in [4.78, 5) is 0. The van der Waals surface area contributed by atoms with Crippen molar-refractivity contribution < 1.29 is 0 Å². The van der Waals surface area contributed by atoms with Gasteiger partial charge in [0, 0.05) is 29.5 Å². The number of halogens is 1. The summed E-state index contributed by atoms with van der Waals surface area (Å²) in [5.74, 6) is 0. The average molecular weight is 261 g/mol. The van der Waals surface area contributed by atoms with Crippen molar-refractivity contribution in [2.45, 2.75) is 6.42 Å². The van der Waals surface area contributed by atoms with E-state index in [0.29, 0.717) is 0 Å². The fourth-order valence-corrected chi connectivity index (χ4v) is 1.90. The van der Waals surface area contributed by atoms with Crippen molar-refractivity contribution in [1.82, 2.24) is 0 Å². The molecule has 0 unspecified atom stereocenters. The second kappa shape index (κ2) is 6.92. The van der Waals surface area contributed by atoms with Crippen molar-refractivity contribution in [3.63, 3.8) is 0 Å². The van der Waals surface area contributed by atoms with E-state index in [1.807, 2.05) is 42.5 Å². The number of nitrogens with one attached hydrogen (secondary N) is 2. The maximum absolute atomic E-state index is 5.91. The molecule has 0 aliphatic heterocycles. The standard InChI is InChI=1S/C15H17ClN2/c16-13-6-4-9-15(12-13)18-11-5-10-17-14-7-2-1-3-8-14/h1-4,6-9,12,17-18H,5,10-11H2. The summed E-state index contributed by atoms with van der Waals surface area (Å²) < 4.78 is 0. The van der Waals surface area contributed by atoms with E-state index in [-0.39, 0.29) is 0 Å². The molecule has 0 aliphatic rings. The molecule has 2 N–H and O–H groups in total. The van der Waals surface area contributed by atoms with Gasteiger partial charge in [-0.05, 0) is 36.8 Å². The lowest BCUT2D eigenvalue weighted by Crippen LogP contribution is -2.08. The van der Waals surface area contributed by atoms with Crippen molar-refractivity contribution in [3.05, 3.63) is 59.6 Å². The molecule has 0 aliphatic carbocycles. The Balaban J connectivity index is 1.65. The molecule has 18 heavy (non-hydrogen) atoms. The average Bonchev–Trinajstić information content (AvgIpc) is 2.40. The van der Waals surface area contributed by atoms with Gasteiger partial charge in [-0.2, -0.15) is 0 Å². The lowest BCUT2D eigenvalue weighted by molar-refractivity contribution is 0.909. The molecule has 2 nitrogen and oxygen atoms in total. The van der Waals surface area contributed by atoms with Crippen LogP contribution in [-0.4, -0.2) is 13.1 Å². The van der Waals surface area contributed by atoms with Gasteiger partial charge >= 0.3 is 0 Å². The molecule has 0 heterocycles. The lowest BCUT2D eigenvalue weighted by Gasteiger charge is -2.08. The summed E-state index contributed by atoms with van der Waals surface area (Å²) in [6, 6.07) is 18.0. The van der Waals surface area contributed by atoms with Crippen LogP contribution >= 0.6 is 11.6 Å². The first-order chi connectivity index (χ1) is 8.84. The predicted molar refractivity (Wildman–Crippen MR) is 79.5 cm³/mol. The second-order valence-corrected chi connectivity index (χ2v) is 4.52. The number of para-hydroxylation sites is 1. The van der Waals surface area contributed by atoms with Gasteiger partial charge in [-0.3, -0.25) is 0 Å². The molecule has 0 spiro atoms. The fourth-order valence-electron chi connectivity index (χ4n) is 1.71. The quantitative estimate of drug-likeness (QED) is 0.759. The number of benzene rings is 2. The summed E-state index contributed by atoms with van der Waals surface area (Å²) in [5.41, 5.74) is 2.24. The molecule has 0 aromatic heterocycles. The molecule has 0 saturated heterocycles. The maximum atomic E-state index is 5.91. The molecule has 0 amide bonds. The highest BCUT2D eigenvalue weighted by atomic mass is 35.5. The largest absolute Gasteiger partial charge is 0.385 e. The molecule has 0 saturated carbocycles. The number of rotatable bonds is 6. The SMILES string of the molecule is Clc1cccc(NCCCNc2ccccc2)c1. The first kappa shape index (κ1) is 12.8. The highest BCUT2D eigenvalue weighted by Crippen LogP contribution is 2.14. The van der Waals surface area contributed by atoms with E-state index in [1.165, 1.54) is 5.69 Å². The van der Waals surface area contributed by atoms with Gasteiger partial charge in [-0.1, -0.05) is 35.9 Å². The Morgan fingerprint density at radius 1 is 0.778 bits per heavy atom. The highest BCUT2D eigenvalue weighted by Gasteiger charge is 1.93. The van der Waals surface area contributed by atoms with E-state index >= 15 is 0 Å². The van der Waals surface area contributed by atoms with E-state index in [9.17, 15) is 0 Å². The third-order valence-corrected chi connectivity index (χ3v) is 2.85. The molecular weight excluding hydrogens is 244 g/mol. The van der Waals surface area contributed by atoms with Gasteiger partial charge in [0.1, 0.15) is 0 Å². The maximum Gasteiger partial charge on any atom is 0.0426 e. The zero-order valence-electron chi connectivity index (χ0n) is 10.2. The van der Waals surface area contributed by atoms with E-state index in [2.05, 4.69) is 22.8 Å². The zero-order chi connectivity index (χ0) is 12.6. The second-order valence-electron chi connectivity index (χ2n) is 4.08. The predicted octanol–water partition coefficient (Wildman–Crippen LogP) is 4.25. The number of hydrogen-bond acceptors (Lipinski definition) is 2. The first-order valence-corrected chi connectivity index (χ1v) is 6.51. The Hall–Kier alpha value is -1.67. The Bertz CT molecular complexity index is 471. The van der Waals surface area contributed by atoms with Crippen LogP contribution in [0, 0.1) is 0 Å². The molecule has 0 radical (unpaired) electrons. The van der Waals surface area contributed by atoms with Gasteiger partial charge in [0.25, 0.3) is 0 Å². The van der Waals surface area contributed by atoms with Crippen LogP contribution in [0.1, 0.15) is 6.42 Å². The van der Waals surface area contributed by atoms with E-state index in [4.69, 9.17) is 11.6 Å². The van der Waals surface area contributed by atoms with Crippen molar-refractivity contribution in [2.24, 2.45) is 0 Å². The van der Waals surface area contributed by atoms with Gasteiger partial charge in [-0.25, -0.2) is 0 Å². The van der Waals surface area contributed by atoms with Crippen molar-refractivity contribution >= 4 is 23.0 Å². The van der Waals surface area contributed by atoms with Crippen LogP contribution in [0.15, 0.2) is 54.6 Å². The lowest BCUT2D eigenvalue weighted by atomic mass is 10.3. The van der Waals surface area contributed by atoms with Crippen LogP contribution in [-0.2, 0) is 0 Å². The van der Waals surface area contributed by atoms with E-state index in [0.717, 1.165) is 30.2 Å². The molecule has 2 aromatic rings. The molecule has 0 fully saturated rings. The molecule has 94 valence electrons. The third kappa shape index (κ3) is 4.30. The molecule has 0 bridgehead atoms. The molecular formula is C15H17ClN2. The third-order valence-electron chi connectivity index (χ3n) is 2.61. The van der Waals surface area contributed by atoms with Gasteiger partial charge in [0.05, 0.1) is 0 Å². The van der Waals surface area contributed by atoms with Crippen molar-refractivity contribution in [3.8, 4) is 0 Å². The highest BCUT2D eigenvalue weighted by molar-refractivity contribution is 6.30. The number of anilines is 2. The summed E-state index contributed by atoms with van der Waals surface area (Å²) in [5, 5.41) is 7.49. The molecule has 2 rings (SSSR count). The van der Waals surface area contributed by atoms with Crippen LogP contribution < -0.4 is 10.6 Å². The minimum atomic E-state index is 0.766. The first-order valence-electron chi connectivity index (χ1n) is 6.13. The van der Waals surface area contributed by atoms with Crippen LogP contribution in [0.3, 0.4) is 0 Å². The Morgan fingerprint density at radius 2 is 1.44 bits per heavy atom. The molecule has 3 heteroatoms. The van der Waals surface area contributed by atoms with E-state index < -0.39 is 0 Å². The van der Waals surface area contributed by atoms with Gasteiger partial charge in [0.2, 0.25) is 0 Å². The minimum absolute atomic E-state index is 0.766. The van der Waals surface area contributed by atoms with Crippen LogP contribution in [0.4, 0.5) is 11.4 Å². The van der Waals surface area contributed by atoms with Gasteiger partial charge in [-0.15, -0.1) is 0 Å². The van der Waals surface area contributed by atoms with Gasteiger partial charge in [0.15, 0.2) is 0 Å². The molecule has 0 atom stereocenters. The van der Waals surface area contributed by atoms with Crippen LogP contribution in [0.5, 0.6) is 0 Å². The monoisotopic (exact) mass is 260 g/mol. The number of hydrogen-bond donors (Lipinski definition) is 2. The van der Waals surface area contributed by atoms with Crippen molar-refractivity contribution in [2.75, 3.05) is 23.7 Å². The summed E-state index contributed by atoms with van der Waals surface area (Å²) in [6.45, 7) is 1.89. The Kier molecular flexibility index (Phi) is 4.91. The topological polar surface area (TPSA) is 24.1 Å². The van der Waals surface area contributed by atoms with Crippen LogP contribution in [0.2, 0.25) is 5.02 Å². The minimum Gasteiger partial charge on any atom is -0.385 e. The summed E-state index contributed by atoms with van der Waals surface area (Å²) >= 11 is 5.91. The fraction of sp³-hybridized carbons (Fsp3) is 0.200.